The van der Waals surface area contributed by atoms with Gasteiger partial charge in [0, 0.05) is 12.7 Å². The topological polar surface area (TPSA) is 38.2 Å². The van der Waals surface area contributed by atoms with Gasteiger partial charge in [-0.3, -0.25) is 0 Å². The lowest BCUT2D eigenvalue weighted by atomic mass is 10.0. The van der Waals surface area contributed by atoms with Gasteiger partial charge in [0.1, 0.15) is 11.6 Å². The maximum absolute atomic E-state index is 5.58. The number of hydrogen-bond donors (Lipinski definition) is 0. The summed E-state index contributed by atoms with van der Waals surface area (Å²) in [6.45, 7) is 8.95. The number of aromatic nitrogens is 2. The molecule has 4 heteroatoms. The Morgan fingerprint density at radius 3 is 3.06 bits per heavy atom. The maximum atomic E-state index is 5.58. The highest BCUT2D eigenvalue weighted by Gasteiger charge is 2.24. The van der Waals surface area contributed by atoms with Gasteiger partial charge in [-0.1, -0.05) is 13.8 Å². The summed E-state index contributed by atoms with van der Waals surface area (Å²) >= 11 is 0. The molecule has 0 saturated carbocycles. The predicted molar refractivity (Wildman–Crippen MR) is 68.2 cm³/mol. The summed E-state index contributed by atoms with van der Waals surface area (Å²) in [5.74, 6) is 2.54. The molecule has 1 atom stereocenters. The zero-order chi connectivity index (χ0) is 12.3. The van der Waals surface area contributed by atoms with Crippen LogP contribution in [0.5, 0.6) is 0 Å². The summed E-state index contributed by atoms with van der Waals surface area (Å²) in [6, 6.07) is 2.43. The lowest BCUT2D eigenvalue weighted by Gasteiger charge is -2.37. The summed E-state index contributed by atoms with van der Waals surface area (Å²) in [5, 5.41) is 0. The average molecular weight is 235 g/mol. The number of nitrogens with zero attached hydrogens (tertiary/aromatic N) is 3. The molecule has 0 aromatic carbocycles. The van der Waals surface area contributed by atoms with E-state index in [-0.39, 0.29) is 0 Å². The van der Waals surface area contributed by atoms with Gasteiger partial charge in [0.15, 0.2) is 0 Å². The summed E-state index contributed by atoms with van der Waals surface area (Å²) < 4.78 is 5.58. The Morgan fingerprint density at radius 2 is 2.35 bits per heavy atom. The highest BCUT2D eigenvalue weighted by Crippen LogP contribution is 2.21. The van der Waals surface area contributed by atoms with Crippen molar-refractivity contribution in [1.82, 2.24) is 9.97 Å². The van der Waals surface area contributed by atoms with Gasteiger partial charge in [-0.2, -0.15) is 0 Å². The molecule has 1 unspecified atom stereocenters. The molecule has 0 aliphatic carbocycles. The second-order valence-corrected chi connectivity index (χ2v) is 5.01. The molecule has 2 heterocycles. The molecule has 4 nitrogen and oxygen atoms in total. The molecule has 1 fully saturated rings. The van der Waals surface area contributed by atoms with Crippen molar-refractivity contribution in [3.05, 3.63) is 18.1 Å². The second kappa shape index (κ2) is 5.45. The third-order valence-corrected chi connectivity index (χ3v) is 3.03. The minimum Gasteiger partial charge on any atom is -0.377 e. The molecular formula is C13H21N3O. The highest BCUT2D eigenvalue weighted by atomic mass is 16.5. The van der Waals surface area contributed by atoms with Gasteiger partial charge < -0.3 is 9.64 Å². The van der Waals surface area contributed by atoms with Crippen molar-refractivity contribution in [2.75, 3.05) is 24.7 Å². The maximum Gasteiger partial charge on any atom is 0.132 e. The van der Waals surface area contributed by atoms with Crippen LogP contribution in [-0.2, 0) is 4.74 Å². The SMILES string of the molecule is Cc1nccc(N2CCOCC2CC(C)C)n1. The van der Waals surface area contributed by atoms with Crippen LogP contribution in [0, 0.1) is 12.8 Å². The largest absolute Gasteiger partial charge is 0.377 e. The summed E-state index contributed by atoms with van der Waals surface area (Å²) in [6.07, 6.45) is 2.97. The van der Waals surface area contributed by atoms with E-state index in [0.29, 0.717) is 12.0 Å². The Balaban J connectivity index is 2.15. The summed E-state index contributed by atoms with van der Waals surface area (Å²) in [7, 11) is 0. The first-order chi connectivity index (χ1) is 8.16. The van der Waals surface area contributed by atoms with Crippen molar-refractivity contribution < 1.29 is 4.74 Å². The van der Waals surface area contributed by atoms with Crippen LogP contribution in [0.3, 0.4) is 0 Å². The lowest BCUT2D eigenvalue weighted by Crippen LogP contribution is -2.46. The quantitative estimate of drug-likeness (QED) is 0.803. The standard InChI is InChI=1S/C13H21N3O/c1-10(2)8-12-9-17-7-6-16(12)13-4-5-14-11(3)15-13/h4-5,10,12H,6-9H2,1-3H3. The average Bonchev–Trinajstić information content (AvgIpc) is 2.29. The van der Waals surface area contributed by atoms with Gasteiger partial charge in [-0.05, 0) is 25.3 Å². The third-order valence-electron chi connectivity index (χ3n) is 3.03. The van der Waals surface area contributed by atoms with Gasteiger partial charge in [-0.25, -0.2) is 9.97 Å². The number of ether oxygens (including phenoxy) is 1. The van der Waals surface area contributed by atoms with Gasteiger partial charge in [-0.15, -0.1) is 0 Å². The van der Waals surface area contributed by atoms with E-state index in [1.165, 1.54) is 0 Å². The van der Waals surface area contributed by atoms with Crippen molar-refractivity contribution in [2.45, 2.75) is 33.2 Å². The van der Waals surface area contributed by atoms with Crippen LogP contribution >= 0.6 is 0 Å². The van der Waals surface area contributed by atoms with E-state index in [2.05, 4.69) is 28.7 Å². The molecule has 0 radical (unpaired) electrons. The van der Waals surface area contributed by atoms with Crippen LogP contribution in [0.25, 0.3) is 0 Å². The van der Waals surface area contributed by atoms with Crippen molar-refractivity contribution in [3.8, 4) is 0 Å². The molecule has 1 aliphatic heterocycles. The van der Waals surface area contributed by atoms with Crippen molar-refractivity contribution in [1.29, 1.82) is 0 Å². The van der Waals surface area contributed by atoms with E-state index in [9.17, 15) is 0 Å². The van der Waals surface area contributed by atoms with Crippen molar-refractivity contribution in [3.63, 3.8) is 0 Å². The van der Waals surface area contributed by atoms with E-state index in [0.717, 1.165) is 37.8 Å². The first-order valence-electron chi connectivity index (χ1n) is 6.31. The summed E-state index contributed by atoms with van der Waals surface area (Å²) in [4.78, 5) is 11.0. The molecule has 1 aromatic rings. The zero-order valence-electron chi connectivity index (χ0n) is 10.9. The molecule has 1 saturated heterocycles. The van der Waals surface area contributed by atoms with E-state index in [1.54, 1.807) is 0 Å². The van der Waals surface area contributed by atoms with Gasteiger partial charge >= 0.3 is 0 Å². The van der Waals surface area contributed by atoms with E-state index >= 15 is 0 Å². The first-order valence-corrected chi connectivity index (χ1v) is 6.31. The molecule has 1 aliphatic rings. The van der Waals surface area contributed by atoms with Crippen molar-refractivity contribution in [2.24, 2.45) is 5.92 Å². The number of anilines is 1. The smallest absolute Gasteiger partial charge is 0.132 e. The normalized spacial score (nSPS) is 20.9. The van der Waals surface area contributed by atoms with Crippen LogP contribution in [-0.4, -0.2) is 35.8 Å². The van der Waals surface area contributed by atoms with Crippen LogP contribution in [0.1, 0.15) is 26.1 Å². The van der Waals surface area contributed by atoms with E-state index in [4.69, 9.17) is 4.74 Å². The molecule has 0 amide bonds. The Kier molecular flexibility index (Phi) is 3.94. The van der Waals surface area contributed by atoms with Gasteiger partial charge in [0.25, 0.3) is 0 Å². The fourth-order valence-electron chi connectivity index (χ4n) is 2.30. The number of aryl methyl sites for hydroxylation is 1. The van der Waals surface area contributed by atoms with Gasteiger partial charge in [0.05, 0.1) is 19.3 Å². The molecule has 17 heavy (non-hydrogen) atoms. The molecule has 94 valence electrons. The predicted octanol–water partition coefficient (Wildman–Crippen LogP) is 2.04. The fraction of sp³-hybridized carbons (Fsp3) is 0.692. The lowest BCUT2D eigenvalue weighted by molar-refractivity contribution is 0.0873. The monoisotopic (exact) mass is 235 g/mol. The Morgan fingerprint density at radius 1 is 1.53 bits per heavy atom. The number of morpholine rings is 1. The fourth-order valence-corrected chi connectivity index (χ4v) is 2.30. The first kappa shape index (κ1) is 12.3. The number of rotatable bonds is 3. The minimum atomic E-state index is 0.443. The van der Waals surface area contributed by atoms with E-state index in [1.807, 2.05) is 19.2 Å². The summed E-state index contributed by atoms with van der Waals surface area (Å²) in [5.41, 5.74) is 0. The van der Waals surface area contributed by atoms with Crippen LogP contribution in [0.15, 0.2) is 12.3 Å². The molecular weight excluding hydrogens is 214 g/mol. The Hall–Kier alpha value is -1.16. The Bertz CT molecular complexity index is 367. The van der Waals surface area contributed by atoms with Crippen LogP contribution in [0.4, 0.5) is 5.82 Å². The second-order valence-electron chi connectivity index (χ2n) is 5.01. The molecule has 0 spiro atoms. The third kappa shape index (κ3) is 3.16. The van der Waals surface area contributed by atoms with Crippen molar-refractivity contribution >= 4 is 5.82 Å². The number of hydrogen-bond acceptors (Lipinski definition) is 4. The molecule has 0 bridgehead atoms. The van der Waals surface area contributed by atoms with Gasteiger partial charge in [0.2, 0.25) is 0 Å². The molecule has 1 aromatic heterocycles. The highest BCUT2D eigenvalue weighted by molar-refractivity contribution is 5.39. The Labute approximate surface area is 103 Å². The van der Waals surface area contributed by atoms with E-state index < -0.39 is 0 Å². The minimum absolute atomic E-state index is 0.443. The zero-order valence-corrected chi connectivity index (χ0v) is 10.9. The van der Waals surface area contributed by atoms with Crippen LogP contribution in [0.2, 0.25) is 0 Å². The molecule has 2 rings (SSSR count). The van der Waals surface area contributed by atoms with Crippen LogP contribution < -0.4 is 4.90 Å². The molecule has 0 N–H and O–H groups in total.